The molecular weight excluding hydrogens is 355 g/mol. The summed E-state index contributed by atoms with van der Waals surface area (Å²) in [5.41, 5.74) is 2.10. The number of aromatic nitrogens is 2. The van der Waals surface area contributed by atoms with Crippen LogP contribution >= 0.6 is 23.2 Å². The van der Waals surface area contributed by atoms with Gasteiger partial charge in [-0.05, 0) is 30.3 Å². The predicted octanol–water partition coefficient (Wildman–Crippen LogP) is 1.79. The third-order valence-corrected chi connectivity index (χ3v) is 4.34. The lowest BCUT2D eigenvalue weighted by atomic mass is 10.2. The van der Waals surface area contributed by atoms with Crippen LogP contribution in [0, 0.1) is 0 Å². The SMILES string of the molecule is O=C(O)c1ccc(Cl)c(S(=O)(=O)NNc2ccc(Cl)nn2)c1. The fraction of sp³-hybridized carbons (Fsp3) is 0. The van der Waals surface area contributed by atoms with Crippen LogP contribution in [0.1, 0.15) is 10.4 Å². The van der Waals surface area contributed by atoms with Gasteiger partial charge in [0.2, 0.25) is 0 Å². The second-order valence-corrected chi connectivity index (χ2v) is 6.37. The second-order valence-electron chi connectivity index (χ2n) is 3.92. The minimum Gasteiger partial charge on any atom is -0.478 e. The Balaban J connectivity index is 2.25. The van der Waals surface area contributed by atoms with E-state index in [9.17, 15) is 13.2 Å². The molecule has 22 heavy (non-hydrogen) atoms. The Kier molecular flexibility index (Phi) is 4.81. The van der Waals surface area contributed by atoms with E-state index in [2.05, 4.69) is 15.6 Å². The maximum absolute atomic E-state index is 12.1. The molecule has 2 aromatic rings. The van der Waals surface area contributed by atoms with Gasteiger partial charge in [-0.1, -0.05) is 23.2 Å². The molecule has 0 saturated carbocycles. The van der Waals surface area contributed by atoms with Gasteiger partial charge in [0.1, 0.15) is 4.90 Å². The second kappa shape index (κ2) is 6.44. The first-order valence-electron chi connectivity index (χ1n) is 5.59. The summed E-state index contributed by atoms with van der Waals surface area (Å²) in [5, 5.41) is 16.0. The third-order valence-electron chi connectivity index (χ3n) is 2.41. The number of anilines is 1. The van der Waals surface area contributed by atoms with E-state index >= 15 is 0 Å². The van der Waals surface area contributed by atoms with Gasteiger partial charge >= 0.3 is 5.97 Å². The summed E-state index contributed by atoms with van der Waals surface area (Å²) in [7, 11) is -4.11. The number of carbonyl (C=O) groups is 1. The van der Waals surface area contributed by atoms with Crippen LogP contribution in [0.2, 0.25) is 10.2 Å². The minimum absolute atomic E-state index is 0.0958. The lowest BCUT2D eigenvalue weighted by Crippen LogP contribution is -2.30. The molecule has 0 amide bonds. The van der Waals surface area contributed by atoms with Crippen molar-refractivity contribution in [1.82, 2.24) is 15.0 Å². The number of benzene rings is 1. The molecule has 0 aliphatic heterocycles. The van der Waals surface area contributed by atoms with Crippen molar-refractivity contribution < 1.29 is 18.3 Å². The van der Waals surface area contributed by atoms with E-state index in [0.29, 0.717) is 0 Å². The largest absolute Gasteiger partial charge is 0.478 e. The zero-order valence-electron chi connectivity index (χ0n) is 10.6. The van der Waals surface area contributed by atoms with Crippen LogP contribution in [0.25, 0.3) is 0 Å². The predicted molar refractivity (Wildman–Crippen MR) is 79.4 cm³/mol. The fourth-order valence-electron chi connectivity index (χ4n) is 1.40. The number of hydrazine groups is 1. The Morgan fingerprint density at radius 3 is 2.45 bits per heavy atom. The van der Waals surface area contributed by atoms with Gasteiger partial charge in [-0.15, -0.1) is 15.0 Å². The van der Waals surface area contributed by atoms with Crippen molar-refractivity contribution in [1.29, 1.82) is 0 Å². The van der Waals surface area contributed by atoms with Crippen molar-refractivity contribution in [3.8, 4) is 0 Å². The maximum atomic E-state index is 12.1. The summed E-state index contributed by atoms with van der Waals surface area (Å²) in [6.45, 7) is 0. The van der Waals surface area contributed by atoms with E-state index < -0.39 is 16.0 Å². The van der Waals surface area contributed by atoms with Crippen LogP contribution in [0.3, 0.4) is 0 Å². The van der Waals surface area contributed by atoms with Gasteiger partial charge in [-0.2, -0.15) is 0 Å². The number of rotatable bonds is 5. The Labute approximate surface area is 135 Å². The molecule has 0 radical (unpaired) electrons. The topological polar surface area (TPSA) is 121 Å². The number of hydrogen-bond donors (Lipinski definition) is 3. The number of nitrogens with zero attached hydrogens (tertiary/aromatic N) is 2. The molecule has 8 nitrogen and oxygen atoms in total. The zero-order chi connectivity index (χ0) is 16.3. The Bertz CT molecular complexity index is 811. The lowest BCUT2D eigenvalue weighted by Gasteiger charge is -2.10. The molecule has 0 fully saturated rings. The quantitative estimate of drug-likeness (QED) is 0.693. The molecule has 0 unspecified atom stereocenters. The molecule has 0 aliphatic carbocycles. The molecule has 3 N–H and O–H groups in total. The van der Waals surface area contributed by atoms with Crippen LogP contribution in [-0.2, 0) is 10.0 Å². The molecule has 1 aromatic carbocycles. The zero-order valence-corrected chi connectivity index (χ0v) is 12.9. The van der Waals surface area contributed by atoms with E-state index in [0.717, 1.165) is 6.07 Å². The highest BCUT2D eigenvalue weighted by Gasteiger charge is 2.20. The molecule has 0 aliphatic rings. The standard InChI is InChI=1S/C11H8Cl2N4O4S/c12-7-2-1-6(11(18)19)5-8(7)22(20,21)17-16-10-4-3-9(13)14-15-10/h1-5,17H,(H,15,16)(H,18,19). The van der Waals surface area contributed by atoms with Crippen molar-refractivity contribution in [2.45, 2.75) is 4.90 Å². The van der Waals surface area contributed by atoms with Crippen LogP contribution in [0.4, 0.5) is 5.82 Å². The van der Waals surface area contributed by atoms with Gasteiger partial charge in [0.15, 0.2) is 11.0 Å². The van der Waals surface area contributed by atoms with Crippen LogP contribution in [0.5, 0.6) is 0 Å². The number of carboxylic acid groups (broad SMARTS) is 1. The first-order valence-corrected chi connectivity index (χ1v) is 7.83. The van der Waals surface area contributed by atoms with Crippen molar-refractivity contribution in [2.24, 2.45) is 0 Å². The van der Waals surface area contributed by atoms with Gasteiger partial charge < -0.3 is 5.11 Å². The Morgan fingerprint density at radius 2 is 1.86 bits per heavy atom. The molecular formula is C11H8Cl2N4O4S. The first-order chi connectivity index (χ1) is 10.3. The van der Waals surface area contributed by atoms with Crippen molar-refractivity contribution in [3.63, 3.8) is 0 Å². The van der Waals surface area contributed by atoms with Crippen LogP contribution < -0.4 is 10.3 Å². The van der Waals surface area contributed by atoms with Crippen molar-refractivity contribution >= 4 is 45.0 Å². The monoisotopic (exact) mass is 362 g/mol. The fourth-order valence-corrected chi connectivity index (χ4v) is 2.88. The highest BCUT2D eigenvalue weighted by Crippen LogP contribution is 2.22. The summed E-state index contributed by atoms with van der Waals surface area (Å²) in [5.74, 6) is -1.18. The smallest absolute Gasteiger partial charge is 0.335 e. The summed E-state index contributed by atoms with van der Waals surface area (Å²) >= 11 is 11.4. The van der Waals surface area contributed by atoms with Gasteiger partial charge in [-0.3, -0.25) is 5.43 Å². The van der Waals surface area contributed by atoms with Gasteiger partial charge in [0.05, 0.1) is 10.6 Å². The maximum Gasteiger partial charge on any atom is 0.335 e. The highest BCUT2D eigenvalue weighted by atomic mass is 35.5. The number of nitrogens with one attached hydrogen (secondary N) is 2. The summed E-state index contributed by atoms with van der Waals surface area (Å²) in [4.78, 5) is 12.5. The molecule has 0 bridgehead atoms. The molecule has 0 spiro atoms. The summed E-state index contributed by atoms with van der Waals surface area (Å²) in [6.07, 6.45) is 0. The Morgan fingerprint density at radius 1 is 1.14 bits per heavy atom. The molecule has 0 saturated heterocycles. The highest BCUT2D eigenvalue weighted by molar-refractivity contribution is 7.89. The molecule has 1 heterocycles. The van der Waals surface area contributed by atoms with Gasteiger partial charge in [-0.25, -0.2) is 13.2 Å². The summed E-state index contributed by atoms with van der Waals surface area (Å²) in [6, 6.07) is 6.13. The van der Waals surface area contributed by atoms with Gasteiger partial charge in [0, 0.05) is 0 Å². The number of hydrogen-bond acceptors (Lipinski definition) is 6. The third kappa shape index (κ3) is 3.83. The number of aromatic carboxylic acids is 1. The minimum atomic E-state index is -4.11. The first kappa shape index (κ1) is 16.4. The molecule has 116 valence electrons. The van der Waals surface area contributed by atoms with E-state index in [-0.39, 0.29) is 26.5 Å². The number of halogens is 2. The van der Waals surface area contributed by atoms with Gasteiger partial charge in [0.25, 0.3) is 10.0 Å². The van der Waals surface area contributed by atoms with Crippen LogP contribution in [0.15, 0.2) is 35.2 Å². The van der Waals surface area contributed by atoms with E-state index in [1.165, 1.54) is 24.3 Å². The van der Waals surface area contributed by atoms with E-state index in [1.807, 2.05) is 4.83 Å². The summed E-state index contributed by atoms with van der Waals surface area (Å²) < 4.78 is 24.3. The van der Waals surface area contributed by atoms with E-state index in [1.54, 1.807) is 0 Å². The average molecular weight is 363 g/mol. The van der Waals surface area contributed by atoms with Crippen molar-refractivity contribution in [3.05, 3.63) is 46.1 Å². The van der Waals surface area contributed by atoms with Crippen LogP contribution in [-0.4, -0.2) is 29.7 Å². The van der Waals surface area contributed by atoms with Crippen molar-refractivity contribution in [2.75, 3.05) is 5.43 Å². The normalized spacial score (nSPS) is 11.2. The number of sulfonamides is 1. The number of carboxylic acids is 1. The molecule has 1 aromatic heterocycles. The Hall–Kier alpha value is -1.94. The average Bonchev–Trinajstić information content (AvgIpc) is 2.46. The van der Waals surface area contributed by atoms with E-state index in [4.69, 9.17) is 28.3 Å². The molecule has 2 rings (SSSR count). The molecule has 11 heteroatoms. The molecule has 0 atom stereocenters. The lowest BCUT2D eigenvalue weighted by molar-refractivity contribution is 0.0696.